The zero-order valence-corrected chi connectivity index (χ0v) is 14.8. The van der Waals surface area contributed by atoms with Crippen LogP contribution in [0.5, 0.6) is 0 Å². The lowest BCUT2D eigenvalue weighted by Gasteiger charge is -2.28. The van der Waals surface area contributed by atoms with Gasteiger partial charge < -0.3 is 15.5 Å². The van der Waals surface area contributed by atoms with Crippen molar-refractivity contribution in [2.75, 3.05) is 12.8 Å². The molecule has 4 amide bonds. The fourth-order valence-electron chi connectivity index (χ4n) is 3.41. The minimum atomic E-state index is -0.567. The number of likely N-dealkylation sites (N-methyl/N-ethyl adjacent to an activating group) is 1. The van der Waals surface area contributed by atoms with Crippen molar-refractivity contribution < 1.29 is 24.0 Å². The second-order valence-corrected chi connectivity index (χ2v) is 7.67. The van der Waals surface area contributed by atoms with Crippen molar-refractivity contribution in [3.05, 3.63) is 0 Å². The number of imide groups is 1. The van der Waals surface area contributed by atoms with Gasteiger partial charge in [-0.3, -0.25) is 14.9 Å². The number of amides is 4. The van der Waals surface area contributed by atoms with Crippen molar-refractivity contribution in [3.63, 3.8) is 0 Å². The van der Waals surface area contributed by atoms with Crippen LogP contribution in [0.3, 0.4) is 0 Å². The van der Waals surface area contributed by atoms with Crippen molar-refractivity contribution in [2.24, 2.45) is 0 Å². The average molecular weight is 370 g/mol. The first-order valence-electron chi connectivity index (χ1n) is 8.41. The molecule has 3 aliphatic heterocycles. The molecule has 0 spiro atoms. The second kappa shape index (κ2) is 7.20. The van der Waals surface area contributed by atoms with Crippen LogP contribution in [0.2, 0.25) is 0 Å². The van der Waals surface area contributed by atoms with Crippen LogP contribution in [-0.2, 0) is 19.2 Å². The lowest BCUT2D eigenvalue weighted by Crippen LogP contribution is -2.60. The molecule has 0 aliphatic carbocycles. The highest BCUT2D eigenvalue weighted by atomic mass is 32.2. The second-order valence-electron chi connectivity index (χ2n) is 6.44. The normalized spacial score (nSPS) is 31.1. The van der Waals surface area contributed by atoms with E-state index in [0.29, 0.717) is 11.5 Å². The van der Waals surface area contributed by atoms with Crippen LogP contribution in [0, 0.1) is 0 Å². The van der Waals surface area contributed by atoms with Crippen molar-refractivity contribution >= 4 is 35.6 Å². The minimum absolute atomic E-state index is 0.0156. The van der Waals surface area contributed by atoms with E-state index in [-0.39, 0.29) is 36.6 Å². The molecule has 0 radical (unpaired) electrons. The molecule has 9 nitrogen and oxygen atoms in total. The van der Waals surface area contributed by atoms with E-state index in [2.05, 4.69) is 16.0 Å². The Hall–Kier alpha value is -1.81. The Kier molecular flexibility index (Phi) is 5.19. The number of urea groups is 1. The molecule has 0 saturated carbocycles. The lowest BCUT2D eigenvalue weighted by molar-refractivity contribution is -0.197. The largest absolute Gasteiger partial charge is 0.333 e. The summed E-state index contributed by atoms with van der Waals surface area (Å²) < 4.78 is 0. The van der Waals surface area contributed by atoms with Crippen LogP contribution in [0.4, 0.5) is 4.79 Å². The third-order valence-corrected chi connectivity index (χ3v) is 6.37. The Morgan fingerprint density at radius 1 is 1.32 bits per heavy atom. The number of carbonyl (C=O) groups is 4. The number of carbonyl (C=O) groups excluding carboxylic acids is 4. The first-order valence-corrected chi connectivity index (χ1v) is 9.46. The van der Waals surface area contributed by atoms with E-state index < -0.39 is 23.4 Å². The number of nitrogens with one attached hydrogen (secondary N) is 3. The standard InChI is InChI=1S/C15H22N4O5S/c1-16-15-8-25-9(13(15)17-14(23)18-15)4-2-3-5-12(22)24-19-10(20)6-7-11(19)21/h9,13,16H,2-8H2,1H3,(H2,17,18,23)/t9?,13-,15+/m1/s1. The van der Waals surface area contributed by atoms with Crippen molar-refractivity contribution in [2.45, 2.75) is 55.5 Å². The number of nitrogens with zero attached hydrogens (tertiary/aromatic N) is 1. The fourth-order valence-corrected chi connectivity index (χ4v) is 5.11. The van der Waals surface area contributed by atoms with E-state index in [0.717, 1.165) is 18.6 Å². The lowest BCUT2D eigenvalue weighted by atomic mass is 9.97. The number of hydrogen-bond acceptors (Lipinski definition) is 7. The summed E-state index contributed by atoms with van der Waals surface area (Å²) in [5.74, 6) is -0.705. The minimum Gasteiger partial charge on any atom is -0.330 e. The summed E-state index contributed by atoms with van der Waals surface area (Å²) >= 11 is 1.79. The molecular formula is C15H22N4O5S. The fraction of sp³-hybridized carbons (Fsp3) is 0.733. The van der Waals surface area contributed by atoms with Crippen molar-refractivity contribution in [1.29, 1.82) is 0 Å². The monoisotopic (exact) mass is 370 g/mol. The Bertz CT molecular complexity index is 584. The molecule has 0 aromatic rings. The van der Waals surface area contributed by atoms with Gasteiger partial charge in [-0.05, 0) is 19.9 Å². The molecule has 3 heterocycles. The third-order valence-electron chi connectivity index (χ3n) is 4.82. The molecule has 3 N–H and O–H groups in total. The van der Waals surface area contributed by atoms with Crippen LogP contribution >= 0.6 is 11.8 Å². The maximum Gasteiger partial charge on any atom is 0.333 e. The zero-order chi connectivity index (χ0) is 18.0. The summed E-state index contributed by atoms with van der Waals surface area (Å²) in [4.78, 5) is 51.0. The quantitative estimate of drug-likeness (QED) is 0.325. The number of hydrogen-bond donors (Lipinski definition) is 3. The molecule has 3 fully saturated rings. The Labute approximate surface area is 149 Å². The summed E-state index contributed by atoms with van der Waals surface area (Å²) in [6.45, 7) is 0. The molecule has 3 aliphatic rings. The highest BCUT2D eigenvalue weighted by Crippen LogP contribution is 2.38. The molecule has 3 saturated heterocycles. The number of unbranched alkanes of at least 4 members (excludes halogenated alkanes) is 1. The van der Waals surface area contributed by atoms with Gasteiger partial charge in [0.15, 0.2) is 0 Å². The van der Waals surface area contributed by atoms with Crippen LogP contribution in [0.25, 0.3) is 0 Å². The van der Waals surface area contributed by atoms with E-state index in [1.54, 1.807) is 11.8 Å². The predicted molar refractivity (Wildman–Crippen MR) is 89.1 cm³/mol. The van der Waals surface area contributed by atoms with Gasteiger partial charge in [0.1, 0.15) is 5.66 Å². The zero-order valence-electron chi connectivity index (χ0n) is 14.0. The van der Waals surface area contributed by atoms with Gasteiger partial charge in [-0.1, -0.05) is 6.42 Å². The van der Waals surface area contributed by atoms with Gasteiger partial charge in [-0.25, -0.2) is 9.59 Å². The van der Waals surface area contributed by atoms with Crippen molar-refractivity contribution in [3.8, 4) is 0 Å². The van der Waals surface area contributed by atoms with Crippen molar-refractivity contribution in [1.82, 2.24) is 21.0 Å². The topological polar surface area (TPSA) is 117 Å². The van der Waals surface area contributed by atoms with Gasteiger partial charge in [0, 0.05) is 30.3 Å². The Morgan fingerprint density at radius 2 is 2.04 bits per heavy atom. The maximum atomic E-state index is 11.8. The van der Waals surface area contributed by atoms with Gasteiger partial charge in [0.25, 0.3) is 11.8 Å². The summed E-state index contributed by atoms with van der Waals surface area (Å²) in [6, 6.07) is -0.144. The van der Waals surface area contributed by atoms with Crippen LogP contribution < -0.4 is 16.0 Å². The van der Waals surface area contributed by atoms with Crippen LogP contribution in [-0.4, -0.2) is 58.6 Å². The molecule has 3 rings (SSSR count). The summed E-state index contributed by atoms with van der Waals surface area (Å²) in [5, 5.41) is 9.94. The smallest absolute Gasteiger partial charge is 0.330 e. The SMILES string of the molecule is CN[C@]12CSC(CCCCC(=O)ON3C(=O)CCC3=O)[C@H]1NC(=O)N2. The molecule has 25 heavy (non-hydrogen) atoms. The molecule has 0 bridgehead atoms. The highest BCUT2D eigenvalue weighted by Gasteiger charge is 2.53. The molecule has 0 aromatic carbocycles. The summed E-state index contributed by atoms with van der Waals surface area (Å²) in [5.41, 5.74) is -0.401. The van der Waals surface area contributed by atoms with Crippen LogP contribution in [0.15, 0.2) is 0 Å². The first-order chi connectivity index (χ1) is 11.9. The maximum absolute atomic E-state index is 11.8. The summed E-state index contributed by atoms with van der Waals surface area (Å²) in [7, 11) is 1.83. The number of thioether (sulfide) groups is 1. The molecule has 3 atom stereocenters. The Balaban J connectivity index is 1.39. The summed E-state index contributed by atoms with van der Waals surface area (Å²) in [6.07, 6.45) is 2.60. The molecule has 10 heteroatoms. The number of rotatable bonds is 7. The molecule has 138 valence electrons. The first kappa shape index (κ1) is 18.0. The van der Waals surface area contributed by atoms with Gasteiger partial charge in [0.05, 0.1) is 6.04 Å². The van der Waals surface area contributed by atoms with E-state index in [4.69, 9.17) is 4.84 Å². The third kappa shape index (κ3) is 3.59. The predicted octanol–water partition coefficient (Wildman–Crippen LogP) is -0.133. The molecular weight excluding hydrogens is 348 g/mol. The van der Waals surface area contributed by atoms with Gasteiger partial charge in [0.2, 0.25) is 0 Å². The van der Waals surface area contributed by atoms with E-state index in [1.807, 2.05) is 7.05 Å². The molecule has 0 aromatic heterocycles. The van der Waals surface area contributed by atoms with Crippen LogP contribution in [0.1, 0.15) is 38.5 Å². The highest BCUT2D eigenvalue weighted by molar-refractivity contribution is 8.00. The number of hydroxylamine groups is 2. The van der Waals surface area contributed by atoms with E-state index >= 15 is 0 Å². The van der Waals surface area contributed by atoms with Gasteiger partial charge >= 0.3 is 12.0 Å². The average Bonchev–Trinajstić information content (AvgIpc) is 3.19. The van der Waals surface area contributed by atoms with Gasteiger partial charge in [-0.15, -0.1) is 5.06 Å². The van der Waals surface area contributed by atoms with E-state index in [9.17, 15) is 19.2 Å². The van der Waals surface area contributed by atoms with E-state index in [1.165, 1.54) is 0 Å². The Morgan fingerprint density at radius 3 is 2.72 bits per heavy atom. The molecule has 1 unspecified atom stereocenters. The number of fused-ring (bicyclic) bond motifs is 1. The van der Waals surface area contributed by atoms with Gasteiger partial charge in [-0.2, -0.15) is 11.8 Å².